The number of hydrogen-bond donors (Lipinski definition) is 2. The fourth-order valence-corrected chi connectivity index (χ4v) is 9.36. The average molecular weight is 846 g/mol. The van der Waals surface area contributed by atoms with Crippen molar-refractivity contribution in [2.24, 2.45) is 4.99 Å². The van der Waals surface area contributed by atoms with Gasteiger partial charge < -0.3 is 10.6 Å². The third-order valence-electron chi connectivity index (χ3n) is 12.6. The van der Waals surface area contributed by atoms with Gasteiger partial charge in [0.25, 0.3) is 0 Å². The monoisotopic (exact) mass is 845 g/mol. The highest BCUT2D eigenvalue weighted by molar-refractivity contribution is 6.24. The van der Waals surface area contributed by atoms with Crippen LogP contribution in [0.3, 0.4) is 0 Å². The van der Waals surface area contributed by atoms with Crippen LogP contribution >= 0.6 is 0 Å². The van der Waals surface area contributed by atoms with E-state index < -0.39 is 0 Å². The van der Waals surface area contributed by atoms with Crippen molar-refractivity contribution in [3.63, 3.8) is 0 Å². The molecule has 66 heavy (non-hydrogen) atoms. The van der Waals surface area contributed by atoms with Crippen molar-refractivity contribution >= 4 is 33.9 Å². The molecule has 0 amide bonds. The number of hydrogen-bond acceptors (Lipinski definition) is 3. The molecule has 0 radical (unpaired) electrons. The molecule has 0 fully saturated rings. The Kier molecular flexibility index (Phi) is 11.2. The van der Waals surface area contributed by atoms with Crippen LogP contribution in [-0.4, -0.2) is 5.84 Å². The lowest BCUT2D eigenvalue weighted by atomic mass is 9.77. The van der Waals surface area contributed by atoms with E-state index in [0.717, 1.165) is 56.2 Å². The first-order valence-corrected chi connectivity index (χ1v) is 22.7. The number of rotatable bonds is 10. The Hall–Kier alpha value is -8.53. The van der Waals surface area contributed by atoms with Crippen LogP contribution in [-0.2, 0) is 0 Å². The SMILES string of the molecule is C1=C(c2cccc(-c3ccccc3)c2)N=C(c2ccccc2)NC1c1ccc(-c2ccc(C3=C(c4ccccc4)C(c4ccccc4)NC(c4ccccc4)=C3c3ccccc3)cc2)cc1. The molecule has 2 N–H and O–H groups in total. The summed E-state index contributed by atoms with van der Waals surface area (Å²) in [6.07, 6.45) is 2.25. The van der Waals surface area contributed by atoms with Gasteiger partial charge in [0.2, 0.25) is 0 Å². The van der Waals surface area contributed by atoms with Crippen LogP contribution in [0.2, 0.25) is 0 Å². The third kappa shape index (κ3) is 8.22. The van der Waals surface area contributed by atoms with Gasteiger partial charge in [-0.15, -0.1) is 0 Å². The van der Waals surface area contributed by atoms with Gasteiger partial charge in [-0.25, -0.2) is 4.99 Å². The number of allylic oxidation sites excluding steroid dienone is 2. The Morgan fingerprint density at radius 2 is 0.742 bits per heavy atom. The first-order chi connectivity index (χ1) is 32.7. The van der Waals surface area contributed by atoms with Gasteiger partial charge >= 0.3 is 0 Å². The van der Waals surface area contributed by atoms with Gasteiger partial charge in [0, 0.05) is 16.7 Å². The molecule has 2 atom stereocenters. The van der Waals surface area contributed by atoms with Crippen LogP contribution in [0.5, 0.6) is 0 Å². The van der Waals surface area contributed by atoms with E-state index in [0.29, 0.717) is 0 Å². The van der Waals surface area contributed by atoms with E-state index in [1.165, 1.54) is 44.5 Å². The Bertz CT molecular complexity index is 3230. The van der Waals surface area contributed by atoms with Crippen LogP contribution in [0, 0.1) is 0 Å². The van der Waals surface area contributed by atoms with Crippen LogP contribution in [0.25, 0.3) is 50.4 Å². The van der Waals surface area contributed by atoms with Gasteiger partial charge in [-0.1, -0.05) is 249 Å². The summed E-state index contributed by atoms with van der Waals surface area (Å²) < 4.78 is 0. The molecule has 0 aliphatic carbocycles. The van der Waals surface area contributed by atoms with Crippen molar-refractivity contribution in [2.45, 2.75) is 12.1 Å². The molecule has 2 aliphatic heterocycles. The molecular formula is C63H47N3. The molecule has 9 aromatic carbocycles. The van der Waals surface area contributed by atoms with Gasteiger partial charge in [0.1, 0.15) is 5.84 Å². The second-order valence-electron chi connectivity index (χ2n) is 16.8. The first kappa shape index (κ1) is 40.3. The van der Waals surface area contributed by atoms with E-state index in [4.69, 9.17) is 4.99 Å². The summed E-state index contributed by atoms with van der Waals surface area (Å²) in [5.41, 5.74) is 19.6. The van der Waals surface area contributed by atoms with Gasteiger partial charge in [-0.05, 0) is 78.9 Å². The molecule has 0 spiro atoms. The minimum atomic E-state index is -0.0956. The van der Waals surface area contributed by atoms with Crippen LogP contribution < -0.4 is 10.6 Å². The van der Waals surface area contributed by atoms with E-state index in [9.17, 15) is 0 Å². The second kappa shape index (κ2) is 18.3. The molecule has 2 heterocycles. The molecule has 9 aromatic rings. The Labute approximate surface area is 387 Å². The largest absolute Gasteiger partial charge is 0.373 e. The summed E-state index contributed by atoms with van der Waals surface area (Å²) in [6.45, 7) is 0. The van der Waals surface area contributed by atoms with E-state index in [1.807, 2.05) is 6.07 Å². The zero-order valence-electron chi connectivity index (χ0n) is 36.4. The number of nitrogens with one attached hydrogen (secondary N) is 2. The Balaban J connectivity index is 0.983. The topological polar surface area (TPSA) is 36.4 Å². The summed E-state index contributed by atoms with van der Waals surface area (Å²) in [7, 11) is 0. The smallest absolute Gasteiger partial charge is 0.134 e. The van der Waals surface area contributed by atoms with Gasteiger partial charge in [-0.3, -0.25) is 0 Å². The third-order valence-corrected chi connectivity index (χ3v) is 12.6. The molecule has 3 nitrogen and oxygen atoms in total. The minimum Gasteiger partial charge on any atom is -0.373 e. The van der Waals surface area contributed by atoms with Crippen LogP contribution in [0.4, 0.5) is 0 Å². The molecule has 11 rings (SSSR count). The van der Waals surface area contributed by atoms with E-state index in [1.54, 1.807) is 0 Å². The van der Waals surface area contributed by atoms with Gasteiger partial charge in [-0.2, -0.15) is 0 Å². The van der Waals surface area contributed by atoms with E-state index in [2.05, 4.69) is 265 Å². The molecule has 0 saturated carbocycles. The zero-order chi connectivity index (χ0) is 44.1. The predicted molar refractivity (Wildman–Crippen MR) is 276 cm³/mol. The molecule has 2 aliphatic rings. The number of amidine groups is 1. The lowest BCUT2D eigenvalue weighted by molar-refractivity contribution is 0.781. The lowest BCUT2D eigenvalue weighted by Gasteiger charge is -2.36. The first-order valence-electron chi connectivity index (χ1n) is 22.7. The predicted octanol–water partition coefficient (Wildman–Crippen LogP) is 15.0. The van der Waals surface area contributed by atoms with Crippen molar-refractivity contribution in [1.29, 1.82) is 0 Å². The van der Waals surface area contributed by atoms with Crippen molar-refractivity contribution < 1.29 is 0 Å². The maximum Gasteiger partial charge on any atom is 0.134 e. The summed E-state index contributed by atoms with van der Waals surface area (Å²) in [4.78, 5) is 5.19. The molecular weight excluding hydrogens is 799 g/mol. The molecule has 3 heteroatoms. The Morgan fingerprint density at radius 1 is 0.303 bits per heavy atom. The fourth-order valence-electron chi connectivity index (χ4n) is 9.36. The molecule has 0 aromatic heterocycles. The second-order valence-corrected chi connectivity index (χ2v) is 16.8. The molecule has 2 unspecified atom stereocenters. The number of benzene rings is 9. The highest BCUT2D eigenvalue weighted by Crippen LogP contribution is 2.50. The Morgan fingerprint density at radius 3 is 1.35 bits per heavy atom. The van der Waals surface area contributed by atoms with Gasteiger partial charge in [0.05, 0.1) is 23.5 Å². The van der Waals surface area contributed by atoms with Crippen molar-refractivity contribution in [3.05, 3.63) is 305 Å². The number of dihydropyridines is 1. The summed E-state index contributed by atoms with van der Waals surface area (Å²) in [6, 6.07) is 90.9. The standard InChI is InChI=1S/C63H47N3/c1-7-20-44(21-8-1)54-32-19-33-55(42-54)57-43-56(64-63(65-57)53-30-17-6-18-31-53)47-38-34-45(35-39-47)46-36-40-50(41-37-46)58-59(48-22-9-2-10-23-48)61(51-26-13-4-14-27-51)66-62(52-28-15-5-16-29-52)60(58)49-24-11-3-12-25-49/h1-43,56,61,66H,(H,64,65). The maximum absolute atomic E-state index is 5.19. The highest BCUT2D eigenvalue weighted by Gasteiger charge is 2.33. The van der Waals surface area contributed by atoms with E-state index >= 15 is 0 Å². The summed E-state index contributed by atoms with van der Waals surface area (Å²) in [5, 5.41) is 7.85. The number of aliphatic imine (C=N–C) groups is 1. The van der Waals surface area contributed by atoms with Gasteiger partial charge in [0.15, 0.2) is 0 Å². The molecule has 314 valence electrons. The molecule has 0 bridgehead atoms. The normalized spacial score (nSPS) is 15.9. The number of nitrogens with zero attached hydrogens (tertiary/aromatic N) is 1. The summed E-state index contributed by atoms with van der Waals surface area (Å²) >= 11 is 0. The molecule has 0 saturated heterocycles. The van der Waals surface area contributed by atoms with Crippen molar-refractivity contribution in [1.82, 2.24) is 10.6 Å². The average Bonchev–Trinajstić information content (AvgIpc) is 3.42. The minimum absolute atomic E-state index is 0.0765. The van der Waals surface area contributed by atoms with Crippen molar-refractivity contribution in [3.8, 4) is 22.3 Å². The van der Waals surface area contributed by atoms with Crippen molar-refractivity contribution in [2.75, 3.05) is 0 Å². The fraction of sp³-hybridized carbons (Fsp3) is 0.0317. The lowest BCUT2D eigenvalue weighted by Crippen LogP contribution is -2.31. The summed E-state index contributed by atoms with van der Waals surface area (Å²) in [5.74, 6) is 0.860. The highest BCUT2D eigenvalue weighted by atomic mass is 15.0. The van der Waals surface area contributed by atoms with Crippen LogP contribution in [0.1, 0.15) is 56.6 Å². The zero-order valence-corrected chi connectivity index (χ0v) is 36.4. The van der Waals surface area contributed by atoms with Crippen LogP contribution in [0.15, 0.2) is 266 Å². The quantitative estimate of drug-likeness (QED) is 0.144. The maximum atomic E-state index is 5.19. The van der Waals surface area contributed by atoms with E-state index in [-0.39, 0.29) is 12.1 Å².